The normalized spacial score (nSPS) is 18.2. The first-order valence-corrected chi connectivity index (χ1v) is 4.62. The van der Waals surface area contributed by atoms with Crippen LogP contribution in [0, 0.1) is 0 Å². The van der Waals surface area contributed by atoms with Crippen LogP contribution in [0.1, 0.15) is 19.3 Å². The number of rotatable bonds is 3. The van der Waals surface area contributed by atoms with Gasteiger partial charge in [0.25, 0.3) is 0 Å². The van der Waals surface area contributed by atoms with E-state index in [1.807, 2.05) is 14.1 Å². The van der Waals surface area contributed by atoms with Crippen LogP contribution in [-0.2, 0) is 4.79 Å². The minimum absolute atomic E-state index is 0.238. The molecule has 0 bridgehead atoms. The summed E-state index contributed by atoms with van der Waals surface area (Å²) in [6, 6.07) is 0. The van der Waals surface area contributed by atoms with E-state index in [2.05, 4.69) is 4.90 Å². The highest BCUT2D eigenvalue weighted by molar-refractivity contribution is 5.75. The van der Waals surface area contributed by atoms with Gasteiger partial charge in [-0.2, -0.15) is 0 Å². The average molecular weight is 170 g/mol. The fraction of sp³-hybridized carbons (Fsp3) is 0.889. The number of nitrogens with zero attached hydrogens (tertiary/aromatic N) is 2. The number of hydrogen-bond donors (Lipinski definition) is 0. The highest BCUT2D eigenvalue weighted by Crippen LogP contribution is 2.07. The molecule has 1 heterocycles. The molecular weight excluding hydrogens is 152 g/mol. The summed E-state index contributed by atoms with van der Waals surface area (Å²) in [7, 11) is 3.62. The van der Waals surface area contributed by atoms with Crippen LogP contribution in [0.15, 0.2) is 0 Å². The molecule has 1 aliphatic rings. The summed E-state index contributed by atoms with van der Waals surface area (Å²) in [5.74, 6) is 0.238. The van der Waals surface area contributed by atoms with Crippen molar-refractivity contribution in [2.24, 2.45) is 0 Å². The molecule has 0 N–H and O–H groups in total. The second-order valence-corrected chi connectivity index (χ2v) is 3.59. The van der Waals surface area contributed by atoms with Crippen molar-refractivity contribution in [1.82, 2.24) is 9.80 Å². The summed E-state index contributed by atoms with van der Waals surface area (Å²) < 4.78 is 0. The van der Waals surface area contributed by atoms with Crippen LogP contribution in [0.5, 0.6) is 0 Å². The van der Waals surface area contributed by atoms with Crippen LogP contribution < -0.4 is 0 Å². The largest absolute Gasteiger partial charge is 0.349 e. The molecule has 0 atom stereocenters. The van der Waals surface area contributed by atoms with E-state index >= 15 is 0 Å². The predicted octanol–water partition coefficient (Wildman–Crippen LogP) is 0.560. The van der Waals surface area contributed by atoms with Crippen molar-refractivity contribution >= 4 is 5.91 Å². The Hall–Kier alpha value is -0.570. The molecule has 1 amide bonds. The van der Waals surface area contributed by atoms with Gasteiger partial charge in [0, 0.05) is 27.1 Å². The molecule has 0 radical (unpaired) electrons. The number of likely N-dealkylation sites (tertiary alicyclic amines) is 1. The van der Waals surface area contributed by atoms with E-state index in [-0.39, 0.29) is 5.91 Å². The first-order chi connectivity index (χ1) is 5.70. The molecule has 1 fully saturated rings. The number of amides is 1. The molecule has 0 aromatic carbocycles. The first-order valence-electron chi connectivity index (χ1n) is 4.62. The summed E-state index contributed by atoms with van der Waals surface area (Å²) in [5.41, 5.74) is 0. The molecule has 0 aliphatic carbocycles. The molecule has 3 heteroatoms. The van der Waals surface area contributed by atoms with E-state index < -0.39 is 0 Å². The van der Waals surface area contributed by atoms with Crippen LogP contribution in [0.4, 0.5) is 0 Å². The summed E-state index contributed by atoms with van der Waals surface area (Å²) in [4.78, 5) is 15.2. The maximum atomic E-state index is 11.2. The van der Waals surface area contributed by atoms with Gasteiger partial charge in [-0.15, -0.1) is 0 Å². The fourth-order valence-corrected chi connectivity index (χ4v) is 1.48. The van der Waals surface area contributed by atoms with Gasteiger partial charge in [-0.3, -0.25) is 4.79 Å². The minimum atomic E-state index is 0.238. The van der Waals surface area contributed by atoms with Gasteiger partial charge in [0.1, 0.15) is 0 Å². The van der Waals surface area contributed by atoms with Gasteiger partial charge >= 0.3 is 0 Å². The molecule has 1 aliphatic heterocycles. The van der Waals surface area contributed by atoms with Gasteiger partial charge in [0.2, 0.25) is 5.91 Å². The highest BCUT2D eigenvalue weighted by atomic mass is 16.2. The number of hydrogen-bond acceptors (Lipinski definition) is 2. The van der Waals surface area contributed by atoms with Gasteiger partial charge in [0.05, 0.1) is 0 Å². The van der Waals surface area contributed by atoms with E-state index in [1.165, 1.54) is 25.9 Å². The third kappa shape index (κ3) is 2.81. The molecule has 3 nitrogen and oxygen atoms in total. The van der Waals surface area contributed by atoms with Gasteiger partial charge in [-0.25, -0.2) is 0 Å². The Morgan fingerprint density at radius 1 is 1.33 bits per heavy atom. The summed E-state index contributed by atoms with van der Waals surface area (Å²) >= 11 is 0. The molecule has 0 aromatic rings. The zero-order valence-electron chi connectivity index (χ0n) is 8.05. The summed E-state index contributed by atoms with van der Waals surface area (Å²) in [5, 5.41) is 0. The van der Waals surface area contributed by atoms with Gasteiger partial charge in [0.15, 0.2) is 0 Å². The Morgan fingerprint density at radius 3 is 2.42 bits per heavy atom. The zero-order valence-corrected chi connectivity index (χ0v) is 8.05. The quantitative estimate of drug-likeness (QED) is 0.618. The van der Waals surface area contributed by atoms with Crippen molar-refractivity contribution in [3.05, 3.63) is 0 Å². The average Bonchev–Trinajstić information content (AvgIpc) is 2.51. The third-order valence-corrected chi connectivity index (χ3v) is 2.34. The van der Waals surface area contributed by atoms with Crippen molar-refractivity contribution in [2.45, 2.75) is 19.3 Å². The molecule has 0 unspecified atom stereocenters. The number of carbonyl (C=O) groups is 1. The number of carbonyl (C=O) groups excluding carboxylic acids is 1. The maximum Gasteiger partial charge on any atom is 0.223 e. The van der Waals surface area contributed by atoms with Crippen LogP contribution in [0.25, 0.3) is 0 Å². The lowest BCUT2D eigenvalue weighted by Crippen LogP contribution is -2.28. The maximum absolute atomic E-state index is 11.2. The fourth-order valence-electron chi connectivity index (χ4n) is 1.48. The van der Waals surface area contributed by atoms with Crippen LogP contribution >= 0.6 is 0 Å². The van der Waals surface area contributed by atoms with Crippen molar-refractivity contribution in [3.63, 3.8) is 0 Å². The van der Waals surface area contributed by atoms with Crippen LogP contribution in [0.2, 0.25) is 0 Å². The van der Waals surface area contributed by atoms with Gasteiger partial charge in [-0.1, -0.05) is 0 Å². The van der Waals surface area contributed by atoms with E-state index in [0.29, 0.717) is 6.42 Å². The Kier molecular flexibility index (Phi) is 3.53. The molecule has 1 rings (SSSR count). The summed E-state index contributed by atoms with van der Waals surface area (Å²) in [6.07, 6.45) is 3.28. The molecule has 0 aromatic heterocycles. The monoisotopic (exact) mass is 170 g/mol. The van der Waals surface area contributed by atoms with Gasteiger partial charge < -0.3 is 9.80 Å². The smallest absolute Gasteiger partial charge is 0.223 e. The van der Waals surface area contributed by atoms with E-state index in [0.717, 1.165) is 6.54 Å². The highest BCUT2D eigenvalue weighted by Gasteiger charge is 2.13. The predicted molar refractivity (Wildman–Crippen MR) is 49.0 cm³/mol. The Balaban J connectivity index is 2.12. The van der Waals surface area contributed by atoms with E-state index in [4.69, 9.17) is 0 Å². The third-order valence-electron chi connectivity index (χ3n) is 2.34. The van der Waals surface area contributed by atoms with Crippen molar-refractivity contribution in [2.75, 3.05) is 33.7 Å². The Labute approximate surface area is 74.3 Å². The van der Waals surface area contributed by atoms with Crippen molar-refractivity contribution in [3.8, 4) is 0 Å². The lowest BCUT2D eigenvalue weighted by molar-refractivity contribution is -0.128. The molecule has 12 heavy (non-hydrogen) atoms. The first kappa shape index (κ1) is 9.52. The Bertz CT molecular complexity index is 151. The minimum Gasteiger partial charge on any atom is -0.349 e. The molecule has 1 saturated heterocycles. The van der Waals surface area contributed by atoms with Crippen molar-refractivity contribution < 1.29 is 4.79 Å². The van der Waals surface area contributed by atoms with Gasteiger partial charge in [-0.05, 0) is 25.9 Å². The Morgan fingerprint density at radius 2 is 1.92 bits per heavy atom. The second-order valence-electron chi connectivity index (χ2n) is 3.59. The lowest BCUT2D eigenvalue weighted by atomic mass is 10.3. The molecular formula is C9H18N2O. The molecule has 0 saturated carbocycles. The standard InChI is InChI=1S/C9H18N2O/c1-10(2)9(12)5-8-11-6-3-4-7-11/h3-8H2,1-2H3. The van der Waals surface area contributed by atoms with Crippen molar-refractivity contribution in [1.29, 1.82) is 0 Å². The van der Waals surface area contributed by atoms with Crippen LogP contribution in [0.3, 0.4) is 0 Å². The van der Waals surface area contributed by atoms with E-state index in [1.54, 1.807) is 4.90 Å². The lowest BCUT2D eigenvalue weighted by Gasteiger charge is -2.15. The zero-order chi connectivity index (χ0) is 8.97. The topological polar surface area (TPSA) is 23.6 Å². The van der Waals surface area contributed by atoms with Crippen LogP contribution in [-0.4, -0.2) is 49.4 Å². The van der Waals surface area contributed by atoms with E-state index in [9.17, 15) is 4.79 Å². The SMILES string of the molecule is CN(C)C(=O)CCN1CCCC1. The summed E-state index contributed by atoms with van der Waals surface area (Å²) in [6.45, 7) is 3.30. The second kappa shape index (κ2) is 4.45. The molecule has 0 spiro atoms. The molecule has 70 valence electrons.